The van der Waals surface area contributed by atoms with Crippen LogP contribution in [0.4, 0.5) is 5.13 Å². The number of hydrogen-bond donors (Lipinski definition) is 1. The van der Waals surface area contributed by atoms with E-state index in [0.29, 0.717) is 22.1 Å². The van der Waals surface area contributed by atoms with Crippen molar-refractivity contribution >= 4 is 55.7 Å². The van der Waals surface area contributed by atoms with Crippen molar-refractivity contribution in [1.82, 2.24) is 9.97 Å². The maximum atomic E-state index is 13.2. The van der Waals surface area contributed by atoms with E-state index in [1.807, 2.05) is 24.3 Å². The van der Waals surface area contributed by atoms with E-state index in [-0.39, 0.29) is 16.2 Å². The highest BCUT2D eigenvalue weighted by Crippen LogP contribution is 2.44. The normalized spacial score (nSPS) is 17.6. The van der Waals surface area contributed by atoms with Gasteiger partial charge in [-0.15, -0.1) is 0 Å². The number of ketones is 1. The number of fused-ring (bicyclic) bond motifs is 1. The Labute approximate surface area is 197 Å². The van der Waals surface area contributed by atoms with Gasteiger partial charge in [0.2, 0.25) is 0 Å². The molecule has 0 saturated carbocycles. The highest BCUT2D eigenvalue weighted by molar-refractivity contribution is 7.22. The number of carbonyl (C=O) groups excluding carboxylic acids is 2. The number of benzene rings is 2. The summed E-state index contributed by atoms with van der Waals surface area (Å²) in [5.74, 6) is -1.61. The lowest BCUT2D eigenvalue weighted by molar-refractivity contribution is -0.132. The first kappa shape index (κ1) is 21.1. The van der Waals surface area contributed by atoms with Gasteiger partial charge in [0.25, 0.3) is 5.78 Å². The van der Waals surface area contributed by atoms with Gasteiger partial charge in [-0.2, -0.15) is 0 Å². The van der Waals surface area contributed by atoms with E-state index in [9.17, 15) is 14.7 Å². The third-order valence-electron chi connectivity index (χ3n) is 5.33. The summed E-state index contributed by atoms with van der Waals surface area (Å²) in [4.78, 5) is 36.7. The Morgan fingerprint density at radius 3 is 2.64 bits per heavy atom. The topological polar surface area (TPSA) is 92.6 Å². The van der Waals surface area contributed by atoms with Crippen molar-refractivity contribution in [2.45, 2.75) is 6.04 Å². The first-order valence-corrected chi connectivity index (χ1v) is 11.1. The molecule has 1 atom stereocenters. The number of rotatable bonds is 4. The number of ether oxygens (including phenoxy) is 1. The van der Waals surface area contributed by atoms with Crippen LogP contribution in [0.5, 0.6) is 5.75 Å². The number of aliphatic hydroxyl groups is 1. The van der Waals surface area contributed by atoms with Crippen molar-refractivity contribution in [3.8, 4) is 5.75 Å². The Bertz CT molecular complexity index is 1400. The zero-order valence-corrected chi connectivity index (χ0v) is 18.8. The number of amides is 1. The molecule has 1 amide bonds. The third kappa shape index (κ3) is 3.53. The number of halogens is 1. The quantitative estimate of drug-likeness (QED) is 0.253. The predicted octanol–water partition coefficient (Wildman–Crippen LogP) is 4.98. The average Bonchev–Trinajstić information content (AvgIpc) is 3.38. The first-order chi connectivity index (χ1) is 16.0. The standard InChI is InChI=1S/C24H16ClN3O4S/c1-32-13-9-10-15(25)14(12-13)21(29)19-20(17-7-4-5-11-26-17)28(23(31)22(19)30)24-27-16-6-2-3-8-18(16)33-24/h2-12,20,29H,1H3/b21-19+. The number of aliphatic hydroxyl groups excluding tert-OH is 1. The van der Waals surface area contributed by atoms with E-state index in [2.05, 4.69) is 9.97 Å². The van der Waals surface area contributed by atoms with E-state index in [1.165, 1.54) is 29.4 Å². The van der Waals surface area contributed by atoms with Crippen molar-refractivity contribution in [2.75, 3.05) is 12.0 Å². The zero-order valence-electron chi connectivity index (χ0n) is 17.2. The molecule has 0 aliphatic carbocycles. The summed E-state index contributed by atoms with van der Waals surface area (Å²) in [7, 11) is 1.48. The minimum Gasteiger partial charge on any atom is -0.507 e. The fourth-order valence-corrected chi connectivity index (χ4v) is 4.97. The molecule has 2 aromatic heterocycles. The summed E-state index contributed by atoms with van der Waals surface area (Å²) >= 11 is 7.61. The molecule has 0 radical (unpaired) electrons. The average molecular weight is 478 g/mol. The summed E-state index contributed by atoms with van der Waals surface area (Å²) in [6.45, 7) is 0. The van der Waals surface area contributed by atoms with Crippen molar-refractivity contribution in [1.29, 1.82) is 0 Å². The summed E-state index contributed by atoms with van der Waals surface area (Å²) < 4.78 is 6.10. The van der Waals surface area contributed by atoms with Crippen LogP contribution in [-0.4, -0.2) is 33.9 Å². The summed E-state index contributed by atoms with van der Waals surface area (Å²) in [5, 5.41) is 11.8. The molecule has 5 rings (SSSR count). The van der Waals surface area contributed by atoms with Gasteiger partial charge < -0.3 is 9.84 Å². The number of hydrogen-bond acceptors (Lipinski definition) is 7. The van der Waals surface area contributed by atoms with Gasteiger partial charge in [0, 0.05) is 11.8 Å². The smallest absolute Gasteiger partial charge is 0.301 e. The van der Waals surface area contributed by atoms with Crippen LogP contribution < -0.4 is 9.64 Å². The fourth-order valence-electron chi connectivity index (χ4n) is 3.77. The molecule has 1 fully saturated rings. The van der Waals surface area contributed by atoms with Crippen LogP contribution >= 0.6 is 22.9 Å². The Balaban J connectivity index is 1.75. The van der Waals surface area contributed by atoms with Crippen LogP contribution in [-0.2, 0) is 9.59 Å². The summed E-state index contributed by atoms with van der Waals surface area (Å²) in [5.41, 5.74) is 1.18. The second kappa shape index (κ2) is 8.31. The highest BCUT2D eigenvalue weighted by atomic mass is 35.5. The largest absolute Gasteiger partial charge is 0.507 e. The molecule has 0 bridgehead atoms. The third-order valence-corrected chi connectivity index (χ3v) is 6.69. The molecule has 9 heteroatoms. The Morgan fingerprint density at radius 2 is 1.91 bits per heavy atom. The number of pyridine rings is 1. The van der Waals surface area contributed by atoms with E-state index in [0.717, 1.165) is 4.70 Å². The van der Waals surface area contributed by atoms with E-state index < -0.39 is 23.5 Å². The zero-order chi connectivity index (χ0) is 23.1. The molecular formula is C24H16ClN3O4S. The number of thiazole rings is 1. The molecule has 1 saturated heterocycles. The second-order valence-electron chi connectivity index (χ2n) is 7.23. The summed E-state index contributed by atoms with van der Waals surface area (Å²) in [6.07, 6.45) is 1.56. The molecule has 2 aromatic carbocycles. The lowest BCUT2D eigenvalue weighted by Gasteiger charge is -2.22. The maximum absolute atomic E-state index is 13.2. The predicted molar refractivity (Wildman–Crippen MR) is 127 cm³/mol. The van der Waals surface area contributed by atoms with Crippen molar-refractivity contribution in [3.05, 3.63) is 88.7 Å². The second-order valence-corrected chi connectivity index (χ2v) is 8.65. The van der Waals surface area contributed by atoms with Gasteiger partial charge in [0.05, 0.1) is 33.6 Å². The molecule has 1 N–H and O–H groups in total. The van der Waals surface area contributed by atoms with Gasteiger partial charge in [-0.3, -0.25) is 19.5 Å². The Kier molecular flexibility index (Phi) is 5.32. The van der Waals surface area contributed by atoms with Crippen LogP contribution in [0.15, 0.2) is 72.4 Å². The molecular weight excluding hydrogens is 462 g/mol. The minimum atomic E-state index is -0.978. The van der Waals surface area contributed by atoms with Crippen LogP contribution in [0.2, 0.25) is 5.02 Å². The summed E-state index contributed by atoms with van der Waals surface area (Å²) in [6, 6.07) is 16.3. The SMILES string of the molecule is COc1ccc(Cl)c(/C(O)=C2\C(=O)C(=O)N(c3nc4ccccc4s3)C2c2ccccn2)c1. The monoisotopic (exact) mass is 477 g/mol. The van der Waals surface area contributed by atoms with Crippen molar-refractivity contribution in [2.24, 2.45) is 0 Å². The number of nitrogens with zero attached hydrogens (tertiary/aromatic N) is 3. The van der Waals surface area contributed by atoms with Gasteiger partial charge in [-0.05, 0) is 42.5 Å². The van der Waals surface area contributed by atoms with Gasteiger partial charge in [0.15, 0.2) is 5.13 Å². The van der Waals surface area contributed by atoms with Gasteiger partial charge >= 0.3 is 5.91 Å². The van der Waals surface area contributed by atoms with Gasteiger partial charge in [-0.25, -0.2) is 4.98 Å². The number of Topliss-reactive ketones (excluding diaryl/α,β-unsaturated/α-hetero) is 1. The molecule has 1 aliphatic heterocycles. The van der Waals surface area contributed by atoms with E-state index in [1.54, 1.807) is 36.5 Å². The highest BCUT2D eigenvalue weighted by Gasteiger charge is 2.49. The number of aromatic nitrogens is 2. The molecule has 0 spiro atoms. The first-order valence-electron chi connectivity index (χ1n) is 9.91. The van der Waals surface area contributed by atoms with Crippen molar-refractivity contribution < 1.29 is 19.4 Å². The van der Waals surface area contributed by atoms with Gasteiger partial charge in [-0.1, -0.05) is 41.1 Å². The number of methoxy groups -OCH3 is 1. The van der Waals surface area contributed by atoms with Crippen LogP contribution in [0, 0.1) is 0 Å². The number of para-hydroxylation sites is 1. The molecule has 4 aromatic rings. The minimum absolute atomic E-state index is 0.117. The molecule has 33 heavy (non-hydrogen) atoms. The lowest BCUT2D eigenvalue weighted by Crippen LogP contribution is -2.29. The maximum Gasteiger partial charge on any atom is 0.301 e. The molecule has 1 unspecified atom stereocenters. The Morgan fingerprint density at radius 1 is 1.12 bits per heavy atom. The molecule has 3 heterocycles. The van der Waals surface area contributed by atoms with E-state index in [4.69, 9.17) is 16.3 Å². The molecule has 1 aliphatic rings. The van der Waals surface area contributed by atoms with Crippen LogP contribution in [0.3, 0.4) is 0 Å². The molecule has 164 valence electrons. The Hall–Kier alpha value is -3.75. The number of carbonyl (C=O) groups is 2. The van der Waals surface area contributed by atoms with Crippen LogP contribution in [0.25, 0.3) is 16.0 Å². The van der Waals surface area contributed by atoms with Crippen LogP contribution in [0.1, 0.15) is 17.3 Å². The number of anilines is 1. The van der Waals surface area contributed by atoms with E-state index >= 15 is 0 Å². The molecule has 7 nitrogen and oxygen atoms in total. The van der Waals surface area contributed by atoms with Crippen molar-refractivity contribution in [3.63, 3.8) is 0 Å². The van der Waals surface area contributed by atoms with Gasteiger partial charge in [0.1, 0.15) is 17.6 Å². The fraction of sp³-hybridized carbons (Fsp3) is 0.0833. The lowest BCUT2D eigenvalue weighted by atomic mass is 9.98.